The van der Waals surface area contributed by atoms with E-state index in [1.165, 1.54) is 37.7 Å². The molecule has 4 aliphatic carbocycles. The molecule has 3 fully saturated rings. The number of rotatable bonds is 1. The smallest absolute Gasteiger partial charge is 0.404 e. The van der Waals surface area contributed by atoms with Crippen molar-refractivity contribution < 1.29 is 9.90 Å². The van der Waals surface area contributed by atoms with Crippen LogP contribution in [0.5, 0.6) is 0 Å². The van der Waals surface area contributed by atoms with Crippen LogP contribution in [0.25, 0.3) is 0 Å². The highest BCUT2D eigenvalue weighted by Gasteiger charge is 2.58. The predicted molar refractivity (Wildman–Crippen MR) is 99.0 cm³/mol. The van der Waals surface area contributed by atoms with Crippen molar-refractivity contribution in [3.8, 4) is 12.3 Å². The second kappa shape index (κ2) is 5.79. The van der Waals surface area contributed by atoms with E-state index in [9.17, 15) is 4.79 Å². The van der Waals surface area contributed by atoms with Crippen LogP contribution in [0, 0.1) is 46.8 Å². The fourth-order valence-corrected chi connectivity index (χ4v) is 7.23. The molecular weight excluding hydrogens is 310 g/mol. The standard InChI is InChI=1S/C22H31NO2/c1-4-14-6-8-18-17-7-5-15-13-16(23-20(24)25)9-11-22(15,3)19(17)10-12-21(14,18)2/h1,5,14,16-19,23H,6-13H2,2-3H3,(H,24,25)/t14-,16+,17?,18?,19?,21+,22-/m0/s1. The van der Waals surface area contributed by atoms with E-state index in [1.807, 2.05) is 0 Å². The average Bonchev–Trinajstić information content (AvgIpc) is 2.91. The van der Waals surface area contributed by atoms with Gasteiger partial charge in [-0.1, -0.05) is 25.5 Å². The van der Waals surface area contributed by atoms with Crippen molar-refractivity contribution in [1.29, 1.82) is 0 Å². The molecule has 3 unspecified atom stereocenters. The number of hydrogen-bond acceptors (Lipinski definition) is 1. The molecule has 0 aromatic heterocycles. The molecule has 25 heavy (non-hydrogen) atoms. The second-order valence-electron chi connectivity index (χ2n) is 9.49. The van der Waals surface area contributed by atoms with Gasteiger partial charge in [0, 0.05) is 12.0 Å². The summed E-state index contributed by atoms with van der Waals surface area (Å²) < 4.78 is 0. The van der Waals surface area contributed by atoms with Crippen molar-refractivity contribution in [3.05, 3.63) is 11.6 Å². The zero-order valence-electron chi connectivity index (χ0n) is 15.6. The first kappa shape index (κ1) is 17.0. The number of terminal acetylenes is 1. The Morgan fingerprint density at radius 2 is 2.04 bits per heavy atom. The summed E-state index contributed by atoms with van der Waals surface area (Å²) in [6, 6.07) is 0.0968. The van der Waals surface area contributed by atoms with Gasteiger partial charge in [0.1, 0.15) is 0 Å². The third-order valence-corrected chi connectivity index (χ3v) is 8.63. The highest BCUT2D eigenvalue weighted by Crippen LogP contribution is 2.66. The minimum Gasteiger partial charge on any atom is -0.465 e. The van der Waals surface area contributed by atoms with Gasteiger partial charge in [-0.2, -0.15) is 0 Å². The van der Waals surface area contributed by atoms with Gasteiger partial charge in [-0.3, -0.25) is 0 Å². The minimum absolute atomic E-state index is 0.0968. The lowest BCUT2D eigenvalue weighted by Gasteiger charge is -2.58. The highest BCUT2D eigenvalue weighted by atomic mass is 16.4. The lowest BCUT2D eigenvalue weighted by molar-refractivity contribution is -0.0352. The number of hydrogen-bond donors (Lipinski definition) is 2. The van der Waals surface area contributed by atoms with Crippen LogP contribution in [-0.2, 0) is 0 Å². The van der Waals surface area contributed by atoms with Crippen molar-refractivity contribution in [1.82, 2.24) is 5.32 Å². The molecule has 3 heteroatoms. The zero-order valence-corrected chi connectivity index (χ0v) is 15.6. The van der Waals surface area contributed by atoms with E-state index in [1.54, 1.807) is 0 Å². The topological polar surface area (TPSA) is 49.3 Å². The van der Waals surface area contributed by atoms with Gasteiger partial charge >= 0.3 is 6.09 Å². The van der Waals surface area contributed by atoms with Crippen molar-refractivity contribution >= 4 is 6.09 Å². The molecule has 3 saturated carbocycles. The van der Waals surface area contributed by atoms with E-state index >= 15 is 0 Å². The van der Waals surface area contributed by atoms with E-state index in [-0.39, 0.29) is 11.5 Å². The fraction of sp³-hybridized carbons (Fsp3) is 0.773. The summed E-state index contributed by atoms with van der Waals surface area (Å²) in [7, 11) is 0. The van der Waals surface area contributed by atoms with Crippen LogP contribution in [0.4, 0.5) is 4.79 Å². The number of amides is 1. The Hall–Kier alpha value is -1.43. The Morgan fingerprint density at radius 1 is 1.24 bits per heavy atom. The molecule has 0 spiro atoms. The molecule has 0 aromatic rings. The number of fused-ring (bicyclic) bond motifs is 5. The van der Waals surface area contributed by atoms with E-state index in [0.29, 0.717) is 11.3 Å². The van der Waals surface area contributed by atoms with Crippen LogP contribution in [0.2, 0.25) is 0 Å². The highest BCUT2D eigenvalue weighted by molar-refractivity contribution is 5.65. The molecule has 0 aromatic carbocycles. The largest absolute Gasteiger partial charge is 0.465 e. The molecule has 0 heterocycles. The summed E-state index contributed by atoms with van der Waals surface area (Å²) in [5.74, 6) is 5.88. The lowest BCUT2D eigenvalue weighted by Crippen LogP contribution is -2.51. The third kappa shape index (κ3) is 2.44. The van der Waals surface area contributed by atoms with E-state index in [0.717, 1.165) is 37.0 Å². The molecule has 0 saturated heterocycles. The monoisotopic (exact) mass is 341 g/mol. The van der Waals surface area contributed by atoms with Crippen molar-refractivity contribution in [3.63, 3.8) is 0 Å². The maximum Gasteiger partial charge on any atom is 0.404 e. The van der Waals surface area contributed by atoms with Gasteiger partial charge in [0.15, 0.2) is 0 Å². The Balaban J connectivity index is 1.59. The molecule has 1 amide bonds. The Morgan fingerprint density at radius 3 is 2.76 bits per heavy atom. The first-order valence-electron chi connectivity index (χ1n) is 10.0. The summed E-state index contributed by atoms with van der Waals surface area (Å²) in [5.41, 5.74) is 2.14. The van der Waals surface area contributed by atoms with Gasteiger partial charge in [-0.25, -0.2) is 4.79 Å². The van der Waals surface area contributed by atoms with E-state index < -0.39 is 6.09 Å². The van der Waals surface area contributed by atoms with Gasteiger partial charge in [0.2, 0.25) is 0 Å². The summed E-state index contributed by atoms with van der Waals surface area (Å²) in [5, 5.41) is 11.8. The third-order valence-electron chi connectivity index (χ3n) is 8.63. The first-order chi connectivity index (χ1) is 11.9. The Labute approximate surface area is 151 Å². The zero-order chi connectivity index (χ0) is 17.8. The maximum absolute atomic E-state index is 11.0. The van der Waals surface area contributed by atoms with Gasteiger partial charge in [-0.15, -0.1) is 12.3 Å². The number of allylic oxidation sites excluding steroid dienone is 1. The molecule has 0 radical (unpaired) electrons. The van der Waals surface area contributed by atoms with Crippen LogP contribution in [0.15, 0.2) is 11.6 Å². The molecule has 4 rings (SSSR count). The molecule has 7 atom stereocenters. The van der Waals surface area contributed by atoms with Crippen LogP contribution in [-0.4, -0.2) is 17.2 Å². The quantitative estimate of drug-likeness (QED) is 0.530. The van der Waals surface area contributed by atoms with Crippen LogP contribution < -0.4 is 5.32 Å². The van der Waals surface area contributed by atoms with Crippen molar-refractivity contribution in [2.45, 2.75) is 71.3 Å². The minimum atomic E-state index is -0.886. The number of nitrogens with one attached hydrogen (secondary N) is 1. The van der Waals surface area contributed by atoms with Crippen LogP contribution in [0.3, 0.4) is 0 Å². The van der Waals surface area contributed by atoms with Crippen LogP contribution >= 0.6 is 0 Å². The van der Waals surface area contributed by atoms with Crippen LogP contribution in [0.1, 0.15) is 65.2 Å². The molecule has 2 N–H and O–H groups in total. The second-order valence-corrected chi connectivity index (χ2v) is 9.49. The van der Waals surface area contributed by atoms with Gasteiger partial charge in [0.05, 0.1) is 0 Å². The first-order valence-corrected chi connectivity index (χ1v) is 10.0. The fourth-order valence-electron chi connectivity index (χ4n) is 7.23. The van der Waals surface area contributed by atoms with E-state index in [4.69, 9.17) is 11.5 Å². The summed E-state index contributed by atoms with van der Waals surface area (Å²) in [4.78, 5) is 11.0. The molecule has 0 aliphatic heterocycles. The maximum atomic E-state index is 11.0. The van der Waals surface area contributed by atoms with Crippen molar-refractivity contribution in [2.24, 2.45) is 34.5 Å². The molecule has 0 bridgehead atoms. The summed E-state index contributed by atoms with van der Waals surface area (Å²) in [6.45, 7) is 4.92. The van der Waals surface area contributed by atoms with Gasteiger partial charge in [-0.05, 0) is 80.0 Å². The molecular formula is C22H31NO2. The summed E-state index contributed by atoms with van der Waals surface area (Å²) in [6.07, 6.45) is 16.7. The Kier molecular flexibility index (Phi) is 3.94. The normalized spacial score (nSPS) is 48.4. The lowest BCUT2D eigenvalue weighted by atomic mass is 9.47. The molecule has 3 nitrogen and oxygen atoms in total. The average molecular weight is 341 g/mol. The SMILES string of the molecule is C#C[C@H]1CCC2C3CC=C4C[C@H](NC(=O)O)CC[C@]4(C)C3CC[C@@]21C. The number of carbonyl (C=O) groups is 1. The predicted octanol–water partition coefficient (Wildman–Crippen LogP) is 4.83. The van der Waals surface area contributed by atoms with Gasteiger partial charge in [0.25, 0.3) is 0 Å². The van der Waals surface area contributed by atoms with Gasteiger partial charge < -0.3 is 10.4 Å². The molecule has 136 valence electrons. The van der Waals surface area contributed by atoms with E-state index in [2.05, 4.69) is 31.2 Å². The number of carboxylic acid groups (broad SMARTS) is 1. The summed E-state index contributed by atoms with van der Waals surface area (Å²) >= 11 is 0. The van der Waals surface area contributed by atoms with Crippen molar-refractivity contribution in [2.75, 3.05) is 0 Å². The Bertz CT molecular complexity index is 647. The molecule has 4 aliphatic rings.